The predicted molar refractivity (Wildman–Crippen MR) is 61.6 cm³/mol. The van der Waals surface area contributed by atoms with E-state index in [4.69, 9.17) is 4.74 Å². The van der Waals surface area contributed by atoms with E-state index in [2.05, 4.69) is 27.7 Å². The maximum Gasteiger partial charge on any atom is 0.137 e. The highest BCUT2D eigenvalue weighted by Gasteiger charge is 2.27. The first-order chi connectivity index (χ1) is 6.50. The number of fused-ring (bicyclic) bond motifs is 1. The molecule has 78 valence electrons. The minimum absolute atomic E-state index is 0.223. The van der Waals surface area contributed by atoms with E-state index in [1.54, 1.807) is 0 Å². The molecule has 1 aliphatic heterocycles. The monoisotopic (exact) mass is 210 g/mol. The normalized spacial score (nSPS) is 16.3. The highest BCUT2D eigenvalue weighted by molar-refractivity contribution is 7.12. The number of ether oxygens (including phenoxy) is 1. The Bertz CT molecular complexity index is 344. The van der Waals surface area contributed by atoms with Gasteiger partial charge in [-0.1, -0.05) is 20.8 Å². The maximum atomic E-state index is 5.81. The molecule has 0 fully saturated rings. The van der Waals surface area contributed by atoms with Gasteiger partial charge in [-0.05, 0) is 25.2 Å². The van der Waals surface area contributed by atoms with E-state index in [0.717, 1.165) is 6.61 Å². The van der Waals surface area contributed by atoms with Crippen LogP contribution in [0.15, 0.2) is 0 Å². The summed E-state index contributed by atoms with van der Waals surface area (Å²) >= 11 is 1.91. The van der Waals surface area contributed by atoms with Crippen molar-refractivity contribution in [3.8, 4) is 5.75 Å². The Morgan fingerprint density at radius 1 is 1.29 bits per heavy atom. The van der Waals surface area contributed by atoms with Crippen LogP contribution in [0.2, 0.25) is 0 Å². The molecule has 0 spiro atoms. The average Bonchev–Trinajstić information content (AvgIpc) is 2.44. The van der Waals surface area contributed by atoms with E-state index in [0.29, 0.717) is 0 Å². The van der Waals surface area contributed by atoms with E-state index in [-0.39, 0.29) is 5.41 Å². The summed E-state index contributed by atoms with van der Waals surface area (Å²) in [6, 6.07) is 0. The van der Waals surface area contributed by atoms with Crippen LogP contribution in [-0.2, 0) is 11.8 Å². The summed E-state index contributed by atoms with van der Waals surface area (Å²) in [6.45, 7) is 9.89. The molecule has 0 aliphatic carbocycles. The van der Waals surface area contributed by atoms with Crippen molar-refractivity contribution < 1.29 is 4.74 Å². The topological polar surface area (TPSA) is 9.23 Å². The lowest BCUT2D eigenvalue weighted by Gasteiger charge is -2.22. The van der Waals surface area contributed by atoms with Gasteiger partial charge in [-0.25, -0.2) is 0 Å². The Morgan fingerprint density at radius 3 is 2.64 bits per heavy atom. The third-order valence-corrected chi connectivity index (χ3v) is 4.21. The standard InChI is InChI=1S/C12H18OS/c1-8-9-6-5-7-13-10(9)11(14-8)12(2,3)4/h5-7H2,1-4H3. The second-order valence-corrected chi connectivity index (χ2v) is 6.22. The van der Waals surface area contributed by atoms with Crippen LogP contribution in [0.4, 0.5) is 0 Å². The molecule has 1 aromatic heterocycles. The quantitative estimate of drug-likeness (QED) is 0.634. The Balaban J connectivity index is 2.52. The van der Waals surface area contributed by atoms with Gasteiger partial charge < -0.3 is 4.74 Å². The molecule has 2 heterocycles. The first kappa shape index (κ1) is 10.0. The van der Waals surface area contributed by atoms with E-state index in [9.17, 15) is 0 Å². The van der Waals surface area contributed by atoms with Crippen LogP contribution >= 0.6 is 11.3 Å². The molecular formula is C12H18OS. The molecule has 0 unspecified atom stereocenters. The Hall–Kier alpha value is -0.500. The van der Waals surface area contributed by atoms with Crippen LogP contribution in [-0.4, -0.2) is 6.61 Å². The third kappa shape index (κ3) is 1.56. The van der Waals surface area contributed by atoms with Crippen LogP contribution in [0.25, 0.3) is 0 Å². The van der Waals surface area contributed by atoms with Crippen molar-refractivity contribution in [1.29, 1.82) is 0 Å². The molecule has 0 radical (unpaired) electrons. The minimum atomic E-state index is 0.223. The minimum Gasteiger partial charge on any atom is -0.492 e. The van der Waals surface area contributed by atoms with Crippen LogP contribution in [0.5, 0.6) is 5.75 Å². The van der Waals surface area contributed by atoms with E-state index < -0.39 is 0 Å². The number of rotatable bonds is 0. The lowest BCUT2D eigenvalue weighted by atomic mass is 9.92. The average molecular weight is 210 g/mol. The number of aryl methyl sites for hydroxylation is 1. The lowest BCUT2D eigenvalue weighted by Crippen LogP contribution is -2.14. The summed E-state index contributed by atoms with van der Waals surface area (Å²) in [5.41, 5.74) is 1.69. The predicted octanol–water partition coefficient (Wildman–Crippen LogP) is 3.68. The molecule has 0 N–H and O–H groups in total. The molecule has 0 saturated carbocycles. The maximum absolute atomic E-state index is 5.81. The van der Waals surface area contributed by atoms with Crippen molar-refractivity contribution in [1.82, 2.24) is 0 Å². The second-order valence-electron chi connectivity index (χ2n) is 5.00. The van der Waals surface area contributed by atoms with E-state index >= 15 is 0 Å². The van der Waals surface area contributed by atoms with Crippen molar-refractivity contribution in [2.75, 3.05) is 6.61 Å². The van der Waals surface area contributed by atoms with Gasteiger partial charge in [0.2, 0.25) is 0 Å². The number of hydrogen-bond acceptors (Lipinski definition) is 2. The first-order valence-corrected chi connectivity index (χ1v) is 6.07. The summed E-state index contributed by atoms with van der Waals surface area (Å²) < 4.78 is 5.81. The van der Waals surface area contributed by atoms with Gasteiger partial charge in [0.25, 0.3) is 0 Å². The molecule has 2 heteroatoms. The van der Waals surface area contributed by atoms with Gasteiger partial charge in [-0.2, -0.15) is 0 Å². The molecule has 0 bridgehead atoms. The van der Waals surface area contributed by atoms with Gasteiger partial charge in [0, 0.05) is 10.4 Å². The largest absolute Gasteiger partial charge is 0.492 e. The van der Waals surface area contributed by atoms with Crippen molar-refractivity contribution in [3.05, 3.63) is 15.3 Å². The molecule has 1 nitrogen and oxygen atoms in total. The molecule has 1 aromatic rings. The fourth-order valence-electron chi connectivity index (χ4n) is 1.92. The summed E-state index contributed by atoms with van der Waals surface area (Å²) in [6.07, 6.45) is 2.38. The Labute approximate surface area is 90.1 Å². The zero-order valence-corrected chi connectivity index (χ0v) is 10.3. The van der Waals surface area contributed by atoms with Gasteiger partial charge in [0.15, 0.2) is 0 Å². The van der Waals surface area contributed by atoms with Crippen LogP contribution in [0.1, 0.15) is 42.5 Å². The molecule has 2 rings (SSSR count). The van der Waals surface area contributed by atoms with Crippen LogP contribution < -0.4 is 4.74 Å². The molecule has 1 aliphatic rings. The van der Waals surface area contributed by atoms with E-state index in [1.165, 1.54) is 33.9 Å². The molecule has 14 heavy (non-hydrogen) atoms. The summed E-state index contributed by atoms with van der Waals surface area (Å²) in [4.78, 5) is 2.87. The molecule has 0 aromatic carbocycles. The van der Waals surface area contributed by atoms with Crippen molar-refractivity contribution in [2.24, 2.45) is 0 Å². The molecule has 0 atom stereocenters. The van der Waals surface area contributed by atoms with Gasteiger partial charge >= 0.3 is 0 Å². The van der Waals surface area contributed by atoms with Crippen LogP contribution in [0, 0.1) is 6.92 Å². The zero-order chi connectivity index (χ0) is 10.3. The Morgan fingerprint density at radius 2 is 2.00 bits per heavy atom. The highest BCUT2D eigenvalue weighted by atomic mass is 32.1. The summed E-state index contributed by atoms with van der Waals surface area (Å²) in [5.74, 6) is 1.20. The van der Waals surface area contributed by atoms with Crippen molar-refractivity contribution in [3.63, 3.8) is 0 Å². The molecule has 0 amide bonds. The molecule has 0 saturated heterocycles. The number of thiophene rings is 1. The fraction of sp³-hybridized carbons (Fsp3) is 0.667. The highest BCUT2D eigenvalue weighted by Crippen LogP contribution is 2.44. The van der Waals surface area contributed by atoms with Gasteiger partial charge in [-0.3, -0.25) is 0 Å². The first-order valence-electron chi connectivity index (χ1n) is 5.25. The van der Waals surface area contributed by atoms with Gasteiger partial charge in [0.1, 0.15) is 5.75 Å². The van der Waals surface area contributed by atoms with E-state index in [1.807, 2.05) is 11.3 Å². The van der Waals surface area contributed by atoms with Crippen molar-refractivity contribution in [2.45, 2.75) is 46.0 Å². The summed E-state index contributed by atoms with van der Waals surface area (Å²) in [7, 11) is 0. The second kappa shape index (κ2) is 3.27. The van der Waals surface area contributed by atoms with Crippen molar-refractivity contribution >= 4 is 11.3 Å². The van der Waals surface area contributed by atoms with Crippen LogP contribution in [0.3, 0.4) is 0 Å². The lowest BCUT2D eigenvalue weighted by molar-refractivity contribution is 0.283. The smallest absolute Gasteiger partial charge is 0.137 e. The SMILES string of the molecule is Cc1sc(C(C)(C)C)c2c1CCCO2. The summed E-state index contributed by atoms with van der Waals surface area (Å²) in [5, 5.41) is 0. The zero-order valence-electron chi connectivity index (χ0n) is 9.44. The third-order valence-electron chi connectivity index (χ3n) is 2.66. The van der Waals surface area contributed by atoms with Gasteiger partial charge in [-0.15, -0.1) is 11.3 Å². The Kier molecular flexibility index (Phi) is 2.34. The fourth-order valence-corrected chi connectivity index (χ4v) is 3.12. The number of hydrogen-bond donors (Lipinski definition) is 0. The molecular weight excluding hydrogens is 192 g/mol. The van der Waals surface area contributed by atoms with Gasteiger partial charge in [0.05, 0.1) is 11.5 Å².